The Bertz CT molecular complexity index is 1070. The second-order valence-electron chi connectivity index (χ2n) is 7.43. The van der Waals surface area contributed by atoms with Crippen LogP contribution >= 0.6 is 12.2 Å². The van der Waals surface area contributed by atoms with Gasteiger partial charge in [0.2, 0.25) is 5.91 Å². The Labute approximate surface area is 187 Å². The van der Waals surface area contributed by atoms with E-state index < -0.39 is 0 Å². The van der Waals surface area contributed by atoms with Crippen LogP contribution in [0.2, 0.25) is 0 Å². The molecule has 0 unspecified atom stereocenters. The van der Waals surface area contributed by atoms with Gasteiger partial charge in [0.05, 0.1) is 30.6 Å². The number of ether oxygens (including phenoxy) is 1. The summed E-state index contributed by atoms with van der Waals surface area (Å²) in [6, 6.07) is 15.2. The van der Waals surface area contributed by atoms with Crippen LogP contribution in [0.4, 0.5) is 5.69 Å². The van der Waals surface area contributed by atoms with E-state index in [0.29, 0.717) is 23.1 Å². The minimum absolute atomic E-state index is 0.0531. The van der Waals surface area contributed by atoms with Gasteiger partial charge in [-0.05, 0) is 48.1 Å². The molecule has 3 heterocycles. The molecule has 3 aromatic rings. The first-order valence-electron chi connectivity index (χ1n) is 10.1. The average Bonchev–Trinajstić information content (AvgIpc) is 3.35. The van der Waals surface area contributed by atoms with E-state index in [-0.39, 0.29) is 24.4 Å². The summed E-state index contributed by atoms with van der Waals surface area (Å²) in [6.45, 7) is 0.482. The molecule has 1 aromatic carbocycles. The molecule has 1 aliphatic heterocycles. The number of pyridine rings is 1. The molecule has 2 N–H and O–H groups in total. The summed E-state index contributed by atoms with van der Waals surface area (Å²) in [5.41, 5.74) is 2.69. The van der Waals surface area contributed by atoms with Crippen LogP contribution < -0.4 is 15.4 Å². The topological polar surface area (TPSA) is 71.4 Å². The highest BCUT2D eigenvalue weighted by Gasteiger charge is 2.40. The number of nitrogens with one attached hydrogen (secondary N) is 2. The Hall–Kier alpha value is -3.39. The normalized spacial score (nSPS) is 18.0. The molecule has 1 fully saturated rings. The standard InChI is InChI=1S/C23H25N5O2S/c1-27-13-10-16(15-27)22-21(18-8-5-6-12-24-18)26-23(31)28(22)14-11-20(29)25-17-7-3-4-9-19(17)30-2/h3-10,12-13,15,21-22H,11,14H2,1-2H3,(H,25,29)(H,26,31)/t21-,22-/m0/s1. The van der Waals surface area contributed by atoms with Crippen molar-refractivity contribution >= 4 is 28.9 Å². The van der Waals surface area contributed by atoms with E-state index in [4.69, 9.17) is 17.0 Å². The summed E-state index contributed by atoms with van der Waals surface area (Å²) in [5.74, 6) is 0.534. The molecule has 0 bridgehead atoms. The maximum absolute atomic E-state index is 12.7. The second-order valence-corrected chi connectivity index (χ2v) is 7.82. The number of methoxy groups -OCH3 is 1. The van der Waals surface area contributed by atoms with Crippen molar-refractivity contribution in [1.82, 2.24) is 19.8 Å². The zero-order chi connectivity index (χ0) is 21.8. The van der Waals surface area contributed by atoms with Crippen molar-refractivity contribution in [3.05, 3.63) is 78.4 Å². The number of aryl methyl sites for hydroxylation is 1. The third-order valence-electron chi connectivity index (χ3n) is 5.35. The van der Waals surface area contributed by atoms with E-state index in [2.05, 4.69) is 32.8 Å². The van der Waals surface area contributed by atoms with E-state index in [1.165, 1.54) is 0 Å². The SMILES string of the molecule is COc1ccccc1NC(=O)CCN1C(=S)N[C@@H](c2ccccn2)[C@@H]1c1ccn(C)c1. The molecule has 1 saturated heterocycles. The zero-order valence-electron chi connectivity index (χ0n) is 17.5. The molecule has 0 radical (unpaired) electrons. The van der Waals surface area contributed by atoms with Crippen LogP contribution in [0.1, 0.15) is 29.8 Å². The van der Waals surface area contributed by atoms with E-state index in [0.717, 1.165) is 11.3 Å². The van der Waals surface area contributed by atoms with E-state index in [1.54, 1.807) is 13.3 Å². The Balaban J connectivity index is 1.52. The van der Waals surface area contributed by atoms with Gasteiger partial charge in [-0.3, -0.25) is 9.78 Å². The summed E-state index contributed by atoms with van der Waals surface area (Å²) in [6.07, 6.45) is 6.17. The molecular weight excluding hydrogens is 410 g/mol. The molecule has 1 aliphatic rings. The van der Waals surface area contributed by atoms with Gasteiger partial charge < -0.3 is 24.8 Å². The third kappa shape index (κ3) is 4.54. The van der Waals surface area contributed by atoms with E-state index >= 15 is 0 Å². The van der Waals surface area contributed by atoms with Gasteiger partial charge in [0.15, 0.2) is 5.11 Å². The van der Waals surface area contributed by atoms with Crippen LogP contribution in [0.15, 0.2) is 67.1 Å². The number of amides is 1. The van der Waals surface area contributed by atoms with E-state index in [1.807, 2.05) is 60.3 Å². The summed E-state index contributed by atoms with van der Waals surface area (Å²) in [4.78, 5) is 19.3. The number of nitrogens with zero attached hydrogens (tertiary/aromatic N) is 3. The van der Waals surface area contributed by atoms with Crippen molar-refractivity contribution in [2.24, 2.45) is 7.05 Å². The number of rotatable bonds is 7. The number of carbonyl (C=O) groups excluding carboxylic acids is 1. The minimum atomic E-state index is -0.0969. The molecular formula is C23H25N5O2S. The third-order valence-corrected chi connectivity index (χ3v) is 5.71. The molecule has 31 heavy (non-hydrogen) atoms. The Kier molecular flexibility index (Phi) is 6.18. The van der Waals surface area contributed by atoms with Crippen molar-refractivity contribution in [2.75, 3.05) is 19.0 Å². The smallest absolute Gasteiger partial charge is 0.226 e. The molecule has 160 valence electrons. The maximum Gasteiger partial charge on any atom is 0.226 e. The van der Waals surface area contributed by atoms with Crippen LogP contribution in [-0.2, 0) is 11.8 Å². The van der Waals surface area contributed by atoms with Gasteiger partial charge in [0, 0.05) is 38.6 Å². The number of carbonyl (C=O) groups is 1. The second kappa shape index (κ2) is 9.18. The first kappa shape index (κ1) is 20.9. The van der Waals surface area contributed by atoms with Gasteiger partial charge in [-0.2, -0.15) is 0 Å². The highest BCUT2D eigenvalue weighted by molar-refractivity contribution is 7.80. The fraction of sp³-hybridized carbons (Fsp3) is 0.261. The fourth-order valence-corrected chi connectivity index (χ4v) is 4.22. The maximum atomic E-state index is 12.7. The van der Waals surface area contributed by atoms with Crippen molar-refractivity contribution in [3.8, 4) is 5.75 Å². The lowest BCUT2D eigenvalue weighted by molar-refractivity contribution is -0.116. The lowest BCUT2D eigenvalue weighted by atomic mass is 9.99. The van der Waals surface area contributed by atoms with Crippen molar-refractivity contribution in [3.63, 3.8) is 0 Å². The van der Waals surface area contributed by atoms with Gasteiger partial charge in [0.1, 0.15) is 5.75 Å². The Morgan fingerprint density at radius 1 is 1.23 bits per heavy atom. The quantitative estimate of drug-likeness (QED) is 0.554. The summed E-state index contributed by atoms with van der Waals surface area (Å²) < 4.78 is 7.33. The van der Waals surface area contributed by atoms with Crippen molar-refractivity contribution in [2.45, 2.75) is 18.5 Å². The minimum Gasteiger partial charge on any atom is -0.495 e. The highest BCUT2D eigenvalue weighted by Crippen LogP contribution is 2.38. The molecule has 0 spiro atoms. The predicted molar refractivity (Wildman–Crippen MR) is 124 cm³/mol. The fourth-order valence-electron chi connectivity index (χ4n) is 3.89. The van der Waals surface area contributed by atoms with Crippen LogP contribution in [0, 0.1) is 0 Å². The molecule has 4 rings (SSSR count). The lowest BCUT2D eigenvalue weighted by Crippen LogP contribution is -2.32. The van der Waals surface area contributed by atoms with Gasteiger partial charge in [-0.25, -0.2) is 0 Å². The number of hydrogen-bond acceptors (Lipinski definition) is 4. The largest absolute Gasteiger partial charge is 0.495 e. The van der Waals surface area contributed by atoms with E-state index in [9.17, 15) is 4.79 Å². The first-order chi connectivity index (χ1) is 15.1. The molecule has 8 heteroatoms. The molecule has 0 aliphatic carbocycles. The van der Waals surface area contributed by atoms with Crippen molar-refractivity contribution < 1.29 is 9.53 Å². The number of anilines is 1. The number of thiocarbonyl (C=S) groups is 1. The lowest BCUT2D eigenvalue weighted by Gasteiger charge is -2.27. The Morgan fingerprint density at radius 3 is 2.74 bits per heavy atom. The van der Waals surface area contributed by atoms with Gasteiger partial charge in [-0.15, -0.1) is 0 Å². The summed E-state index contributed by atoms with van der Waals surface area (Å²) >= 11 is 5.65. The zero-order valence-corrected chi connectivity index (χ0v) is 18.3. The van der Waals surface area contributed by atoms with Crippen molar-refractivity contribution in [1.29, 1.82) is 0 Å². The number of aromatic nitrogens is 2. The molecule has 1 amide bonds. The molecule has 2 atom stereocenters. The summed E-state index contributed by atoms with van der Waals surface area (Å²) in [7, 11) is 3.58. The first-order valence-corrected chi connectivity index (χ1v) is 10.5. The van der Waals surface area contributed by atoms with Crippen LogP contribution in [-0.4, -0.2) is 39.1 Å². The number of hydrogen-bond donors (Lipinski definition) is 2. The van der Waals surface area contributed by atoms with Crippen LogP contribution in [0.25, 0.3) is 0 Å². The monoisotopic (exact) mass is 435 g/mol. The van der Waals surface area contributed by atoms with Gasteiger partial charge in [0.25, 0.3) is 0 Å². The highest BCUT2D eigenvalue weighted by atomic mass is 32.1. The number of para-hydroxylation sites is 2. The average molecular weight is 436 g/mol. The van der Waals surface area contributed by atoms with Crippen LogP contribution in [0.5, 0.6) is 5.75 Å². The van der Waals surface area contributed by atoms with Gasteiger partial charge in [-0.1, -0.05) is 18.2 Å². The number of benzene rings is 1. The predicted octanol–water partition coefficient (Wildman–Crippen LogP) is 3.43. The molecule has 2 aromatic heterocycles. The molecule has 7 nitrogen and oxygen atoms in total. The summed E-state index contributed by atoms with van der Waals surface area (Å²) in [5, 5.41) is 6.95. The van der Waals surface area contributed by atoms with Gasteiger partial charge >= 0.3 is 0 Å². The van der Waals surface area contributed by atoms with Crippen LogP contribution in [0.3, 0.4) is 0 Å². The molecule has 0 saturated carbocycles. The Morgan fingerprint density at radius 2 is 2.03 bits per heavy atom.